The number of nitrogens with zero attached hydrogens (tertiary/aromatic N) is 1. The van der Waals surface area contributed by atoms with Crippen LogP contribution in [0.1, 0.15) is 34.3 Å². The van der Waals surface area contributed by atoms with Crippen molar-refractivity contribution in [2.24, 2.45) is 5.41 Å². The monoisotopic (exact) mass is 413 g/mol. The number of amides is 1. The molecule has 3 aromatic carbocycles. The molecule has 1 amide bonds. The van der Waals surface area contributed by atoms with E-state index < -0.39 is 11.4 Å². The van der Waals surface area contributed by atoms with Crippen molar-refractivity contribution in [1.82, 2.24) is 0 Å². The van der Waals surface area contributed by atoms with Gasteiger partial charge in [0.05, 0.1) is 11.0 Å². The van der Waals surface area contributed by atoms with Crippen LogP contribution in [0.5, 0.6) is 11.5 Å². The van der Waals surface area contributed by atoms with Crippen molar-refractivity contribution >= 4 is 17.6 Å². The van der Waals surface area contributed by atoms with Crippen LogP contribution in [-0.4, -0.2) is 23.5 Å². The third-order valence-corrected chi connectivity index (χ3v) is 6.50. The molecule has 0 aromatic heterocycles. The van der Waals surface area contributed by atoms with Crippen LogP contribution in [0.4, 0.5) is 5.69 Å². The molecule has 156 valence electrons. The largest absolute Gasteiger partial charge is 0.478 e. The van der Waals surface area contributed by atoms with Crippen LogP contribution in [0.15, 0.2) is 72.8 Å². The summed E-state index contributed by atoms with van der Waals surface area (Å²) < 4.78 is 5.85. The van der Waals surface area contributed by atoms with Gasteiger partial charge in [-0.3, -0.25) is 4.79 Å². The third kappa shape index (κ3) is 3.56. The molecular formula is C26H23NO4. The summed E-state index contributed by atoms with van der Waals surface area (Å²) in [6.07, 6.45) is 2.99. The molecule has 1 spiro atoms. The van der Waals surface area contributed by atoms with Crippen LogP contribution in [0.2, 0.25) is 0 Å². The lowest BCUT2D eigenvalue weighted by atomic mass is 9.70. The Kier molecular flexibility index (Phi) is 4.74. The van der Waals surface area contributed by atoms with E-state index in [0.29, 0.717) is 13.0 Å². The zero-order valence-corrected chi connectivity index (χ0v) is 17.1. The Labute approximate surface area is 180 Å². The predicted octanol–water partition coefficient (Wildman–Crippen LogP) is 5.09. The van der Waals surface area contributed by atoms with Crippen molar-refractivity contribution in [3.8, 4) is 11.5 Å². The van der Waals surface area contributed by atoms with Crippen molar-refractivity contribution in [2.75, 3.05) is 11.4 Å². The molecule has 0 unspecified atom stereocenters. The number of ether oxygens (including phenoxy) is 1. The highest BCUT2D eigenvalue weighted by Gasteiger charge is 2.48. The van der Waals surface area contributed by atoms with Crippen LogP contribution in [0, 0.1) is 5.41 Å². The minimum absolute atomic E-state index is 0.135. The molecule has 0 bridgehead atoms. The molecule has 1 heterocycles. The fourth-order valence-corrected chi connectivity index (χ4v) is 4.78. The minimum Gasteiger partial charge on any atom is -0.478 e. The quantitative estimate of drug-likeness (QED) is 0.647. The van der Waals surface area contributed by atoms with E-state index in [-0.39, 0.29) is 11.5 Å². The minimum atomic E-state index is -0.931. The normalized spacial score (nSPS) is 20.0. The number of hydrogen-bond donors (Lipinski definition) is 1. The van der Waals surface area contributed by atoms with E-state index in [9.17, 15) is 14.7 Å². The Morgan fingerprint density at radius 1 is 0.903 bits per heavy atom. The maximum Gasteiger partial charge on any atom is 0.335 e. The van der Waals surface area contributed by atoms with E-state index in [1.165, 1.54) is 0 Å². The van der Waals surface area contributed by atoms with Gasteiger partial charge in [-0.1, -0.05) is 24.3 Å². The standard InChI is InChI=1S/C26H23NO4/c28-24(29)19-7-6-18-12-13-26(17-20(18)16-19)14-15-27(25(26)30)21-8-10-23(11-9-21)31-22-4-2-1-3-5-22/h1-11,16H,12-15,17H2,(H,28,29)/t26-/m1/s1. The molecular weight excluding hydrogens is 390 g/mol. The molecule has 2 aliphatic rings. The number of rotatable bonds is 4. The number of carboxylic acid groups (broad SMARTS) is 1. The van der Waals surface area contributed by atoms with Crippen molar-refractivity contribution < 1.29 is 19.4 Å². The number of carbonyl (C=O) groups excluding carboxylic acids is 1. The second-order valence-corrected chi connectivity index (χ2v) is 8.36. The molecule has 0 saturated carbocycles. The number of anilines is 1. The van der Waals surface area contributed by atoms with Crippen molar-refractivity contribution in [3.63, 3.8) is 0 Å². The van der Waals surface area contributed by atoms with Crippen LogP contribution >= 0.6 is 0 Å². The third-order valence-electron chi connectivity index (χ3n) is 6.50. The van der Waals surface area contributed by atoms with Gasteiger partial charge in [0.15, 0.2) is 0 Å². The fraction of sp³-hybridized carbons (Fsp3) is 0.231. The van der Waals surface area contributed by atoms with Crippen LogP contribution < -0.4 is 9.64 Å². The Balaban J connectivity index is 1.34. The molecule has 31 heavy (non-hydrogen) atoms. The van der Waals surface area contributed by atoms with Gasteiger partial charge in [0.2, 0.25) is 5.91 Å². The number of carboxylic acids is 1. The van der Waals surface area contributed by atoms with Gasteiger partial charge < -0.3 is 14.7 Å². The van der Waals surface area contributed by atoms with Crippen molar-refractivity contribution in [2.45, 2.75) is 25.7 Å². The maximum atomic E-state index is 13.5. The van der Waals surface area contributed by atoms with Gasteiger partial charge in [-0.2, -0.15) is 0 Å². The summed E-state index contributed by atoms with van der Waals surface area (Å²) in [6.45, 7) is 0.672. The summed E-state index contributed by atoms with van der Waals surface area (Å²) in [5.41, 5.74) is 2.86. The molecule has 1 aliphatic carbocycles. The highest BCUT2D eigenvalue weighted by molar-refractivity contribution is 6.00. The van der Waals surface area contributed by atoms with E-state index in [2.05, 4.69) is 0 Å². The lowest BCUT2D eigenvalue weighted by molar-refractivity contribution is -0.126. The van der Waals surface area contributed by atoms with Gasteiger partial charge in [-0.15, -0.1) is 0 Å². The number of fused-ring (bicyclic) bond motifs is 1. The first-order valence-electron chi connectivity index (χ1n) is 10.5. The van der Waals surface area contributed by atoms with Gasteiger partial charge in [0.25, 0.3) is 0 Å². The molecule has 1 N–H and O–H groups in total. The van der Waals surface area contributed by atoms with E-state index >= 15 is 0 Å². The molecule has 5 heteroatoms. The van der Waals surface area contributed by atoms with Gasteiger partial charge in [0.1, 0.15) is 11.5 Å². The molecule has 1 saturated heterocycles. The van der Waals surface area contributed by atoms with E-state index in [1.807, 2.05) is 65.6 Å². The highest BCUT2D eigenvalue weighted by Crippen LogP contribution is 2.45. The molecule has 3 aromatic rings. The summed E-state index contributed by atoms with van der Waals surface area (Å²) in [4.78, 5) is 26.7. The molecule has 1 aliphatic heterocycles. The first-order chi connectivity index (χ1) is 15.0. The number of para-hydroxylation sites is 1. The average Bonchev–Trinajstić information content (AvgIpc) is 3.10. The SMILES string of the molecule is O=C(O)c1ccc2c(c1)C[C@@]1(CC2)CCN(c2ccc(Oc3ccccc3)cc2)C1=O. The topological polar surface area (TPSA) is 66.8 Å². The Morgan fingerprint density at radius 3 is 2.39 bits per heavy atom. The van der Waals surface area contributed by atoms with E-state index in [4.69, 9.17) is 4.74 Å². The summed E-state index contributed by atoms with van der Waals surface area (Å²) in [6, 6.07) is 22.5. The number of benzene rings is 3. The molecule has 1 fully saturated rings. The lowest BCUT2D eigenvalue weighted by Crippen LogP contribution is -2.38. The lowest BCUT2D eigenvalue weighted by Gasteiger charge is -2.33. The van der Waals surface area contributed by atoms with Gasteiger partial charge in [0, 0.05) is 12.2 Å². The van der Waals surface area contributed by atoms with Gasteiger partial charge >= 0.3 is 5.97 Å². The van der Waals surface area contributed by atoms with E-state index in [1.54, 1.807) is 12.1 Å². The van der Waals surface area contributed by atoms with Crippen LogP contribution in [0.3, 0.4) is 0 Å². The van der Waals surface area contributed by atoms with Crippen LogP contribution in [-0.2, 0) is 17.6 Å². The Bertz CT molecular complexity index is 1140. The molecule has 1 atom stereocenters. The number of aryl methyl sites for hydroxylation is 1. The average molecular weight is 413 g/mol. The Hall–Kier alpha value is -3.60. The smallest absolute Gasteiger partial charge is 0.335 e. The predicted molar refractivity (Wildman–Crippen MR) is 118 cm³/mol. The maximum absolute atomic E-state index is 13.5. The highest BCUT2D eigenvalue weighted by atomic mass is 16.5. The number of aromatic carboxylic acids is 1. The summed E-state index contributed by atoms with van der Waals surface area (Å²) >= 11 is 0. The van der Waals surface area contributed by atoms with Crippen molar-refractivity contribution in [1.29, 1.82) is 0 Å². The number of carbonyl (C=O) groups is 2. The first-order valence-corrected chi connectivity index (χ1v) is 10.5. The van der Waals surface area contributed by atoms with Gasteiger partial charge in [-0.25, -0.2) is 4.79 Å². The van der Waals surface area contributed by atoms with E-state index in [0.717, 1.165) is 47.6 Å². The second kappa shape index (κ2) is 7.58. The second-order valence-electron chi connectivity index (χ2n) is 8.36. The zero-order chi connectivity index (χ0) is 21.4. The van der Waals surface area contributed by atoms with Gasteiger partial charge in [-0.05, 0) is 85.3 Å². The molecule has 5 nitrogen and oxygen atoms in total. The van der Waals surface area contributed by atoms with Crippen molar-refractivity contribution in [3.05, 3.63) is 89.5 Å². The fourth-order valence-electron chi connectivity index (χ4n) is 4.78. The summed E-state index contributed by atoms with van der Waals surface area (Å²) in [5, 5.41) is 9.32. The number of hydrogen-bond acceptors (Lipinski definition) is 3. The Morgan fingerprint density at radius 2 is 1.65 bits per heavy atom. The zero-order valence-electron chi connectivity index (χ0n) is 17.1. The molecule has 5 rings (SSSR count). The van der Waals surface area contributed by atoms with Crippen LogP contribution in [0.25, 0.3) is 0 Å². The molecule has 0 radical (unpaired) electrons. The summed E-state index contributed by atoms with van der Waals surface area (Å²) in [7, 11) is 0. The summed E-state index contributed by atoms with van der Waals surface area (Å²) in [5.74, 6) is 0.701. The first kappa shape index (κ1) is 19.4.